The van der Waals surface area contributed by atoms with Crippen LogP contribution in [0.1, 0.15) is 13.3 Å². The Morgan fingerprint density at radius 3 is 2.58 bits per heavy atom. The second-order valence-electron chi connectivity index (χ2n) is 4.46. The molecule has 1 aliphatic rings. The van der Waals surface area contributed by atoms with E-state index in [-0.39, 0.29) is 24.2 Å². The van der Waals surface area contributed by atoms with Crippen molar-refractivity contribution in [2.24, 2.45) is 0 Å². The zero-order chi connectivity index (χ0) is 13.9. The van der Waals surface area contributed by atoms with Crippen molar-refractivity contribution in [2.45, 2.75) is 19.4 Å². The number of hydrogen-bond donors (Lipinski definition) is 0. The first-order valence-electron chi connectivity index (χ1n) is 6.25. The van der Waals surface area contributed by atoms with Crippen LogP contribution in [0, 0.1) is 0 Å². The van der Waals surface area contributed by atoms with Crippen molar-refractivity contribution in [1.82, 2.24) is 0 Å². The Labute approximate surface area is 113 Å². The zero-order valence-corrected chi connectivity index (χ0v) is 11.6. The van der Waals surface area contributed by atoms with Crippen LogP contribution in [0.4, 0.5) is 10.5 Å². The Morgan fingerprint density at radius 1 is 1.37 bits per heavy atom. The maximum atomic E-state index is 12.1. The monoisotopic (exact) mass is 283 g/mol. The maximum absolute atomic E-state index is 12.1. The van der Waals surface area contributed by atoms with Crippen LogP contribution in [0.2, 0.25) is 0 Å². The standard InChI is InChI=1S/C13H17NO4S/c1-2-18-13(15)14(11-6-4-3-5-7-11)12-8-9-19(16,17)10-12/h3-7,12H,2,8-10H2,1H3. The summed E-state index contributed by atoms with van der Waals surface area (Å²) in [5, 5.41) is 0. The highest BCUT2D eigenvalue weighted by molar-refractivity contribution is 7.91. The highest BCUT2D eigenvalue weighted by Crippen LogP contribution is 2.25. The number of benzene rings is 1. The fourth-order valence-electron chi connectivity index (χ4n) is 2.23. The van der Waals surface area contributed by atoms with Crippen molar-refractivity contribution in [3.8, 4) is 0 Å². The van der Waals surface area contributed by atoms with Crippen LogP contribution >= 0.6 is 0 Å². The molecule has 1 saturated heterocycles. The predicted molar refractivity (Wildman–Crippen MR) is 73.0 cm³/mol. The Kier molecular flexibility index (Phi) is 4.09. The first-order chi connectivity index (χ1) is 9.03. The van der Waals surface area contributed by atoms with Crippen LogP contribution in [-0.2, 0) is 14.6 Å². The van der Waals surface area contributed by atoms with Gasteiger partial charge in [-0.25, -0.2) is 13.2 Å². The molecule has 0 saturated carbocycles. The smallest absolute Gasteiger partial charge is 0.414 e. The molecule has 1 aromatic rings. The number of carbonyl (C=O) groups excluding carboxylic acids is 1. The summed E-state index contributed by atoms with van der Waals surface area (Å²) in [6, 6.07) is 8.68. The van der Waals surface area contributed by atoms with E-state index in [0.29, 0.717) is 12.1 Å². The molecule has 0 N–H and O–H groups in total. The summed E-state index contributed by atoms with van der Waals surface area (Å²) in [7, 11) is -3.05. The van der Waals surface area contributed by atoms with Crippen molar-refractivity contribution in [3.63, 3.8) is 0 Å². The van der Waals surface area contributed by atoms with Crippen LogP contribution < -0.4 is 4.90 Å². The van der Waals surface area contributed by atoms with Gasteiger partial charge in [0, 0.05) is 5.69 Å². The lowest BCUT2D eigenvalue weighted by molar-refractivity contribution is 0.157. The molecule has 5 nitrogen and oxygen atoms in total. The maximum Gasteiger partial charge on any atom is 0.414 e. The molecule has 1 atom stereocenters. The number of ether oxygens (including phenoxy) is 1. The molecule has 19 heavy (non-hydrogen) atoms. The number of sulfone groups is 1. The number of para-hydroxylation sites is 1. The molecule has 1 fully saturated rings. The first kappa shape index (κ1) is 13.9. The Morgan fingerprint density at radius 2 is 2.05 bits per heavy atom. The van der Waals surface area contributed by atoms with E-state index < -0.39 is 15.9 Å². The van der Waals surface area contributed by atoms with E-state index >= 15 is 0 Å². The van der Waals surface area contributed by atoms with Crippen LogP contribution in [0.15, 0.2) is 30.3 Å². The predicted octanol–water partition coefficient (Wildman–Crippen LogP) is 1.84. The summed E-state index contributed by atoms with van der Waals surface area (Å²) in [6.07, 6.45) is -0.0356. The Hall–Kier alpha value is -1.56. The van der Waals surface area contributed by atoms with E-state index in [1.54, 1.807) is 19.1 Å². The van der Waals surface area contributed by atoms with Gasteiger partial charge in [-0.05, 0) is 25.5 Å². The number of carbonyl (C=O) groups is 1. The van der Waals surface area contributed by atoms with Gasteiger partial charge in [-0.3, -0.25) is 4.90 Å². The van der Waals surface area contributed by atoms with E-state index in [2.05, 4.69) is 0 Å². The molecule has 0 radical (unpaired) electrons. The van der Waals surface area contributed by atoms with Gasteiger partial charge in [0.1, 0.15) is 0 Å². The van der Waals surface area contributed by atoms with Crippen molar-refractivity contribution in [2.75, 3.05) is 23.0 Å². The Balaban J connectivity index is 2.28. The minimum absolute atomic E-state index is 0.000703. The van der Waals surface area contributed by atoms with Gasteiger partial charge in [-0.2, -0.15) is 0 Å². The molecule has 0 aliphatic carbocycles. The first-order valence-corrected chi connectivity index (χ1v) is 8.07. The van der Waals surface area contributed by atoms with Gasteiger partial charge in [0.05, 0.1) is 24.2 Å². The lowest BCUT2D eigenvalue weighted by atomic mass is 10.2. The van der Waals surface area contributed by atoms with Crippen molar-refractivity contribution in [3.05, 3.63) is 30.3 Å². The molecule has 0 bridgehead atoms. The molecule has 1 aliphatic heterocycles. The third-order valence-electron chi connectivity index (χ3n) is 3.07. The van der Waals surface area contributed by atoms with Crippen LogP contribution in [0.3, 0.4) is 0 Å². The summed E-state index contributed by atoms with van der Waals surface area (Å²) in [6.45, 7) is 1.99. The number of rotatable bonds is 3. The topological polar surface area (TPSA) is 63.7 Å². The average molecular weight is 283 g/mol. The molecule has 0 aromatic heterocycles. The fourth-order valence-corrected chi connectivity index (χ4v) is 3.93. The number of hydrogen-bond acceptors (Lipinski definition) is 4. The van der Waals surface area contributed by atoms with E-state index in [0.717, 1.165) is 0 Å². The lowest BCUT2D eigenvalue weighted by Gasteiger charge is -2.27. The van der Waals surface area contributed by atoms with E-state index in [9.17, 15) is 13.2 Å². The molecule has 104 valence electrons. The number of nitrogens with zero attached hydrogens (tertiary/aromatic N) is 1. The molecule has 1 amide bonds. The minimum atomic E-state index is -3.05. The summed E-state index contributed by atoms with van der Waals surface area (Å²) in [4.78, 5) is 13.5. The molecule has 1 aromatic carbocycles. The normalized spacial score (nSPS) is 21.0. The highest BCUT2D eigenvalue weighted by atomic mass is 32.2. The molecular formula is C13H17NO4S. The van der Waals surface area contributed by atoms with Gasteiger partial charge < -0.3 is 4.74 Å². The van der Waals surface area contributed by atoms with Gasteiger partial charge in [-0.1, -0.05) is 18.2 Å². The molecule has 1 heterocycles. The van der Waals surface area contributed by atoms with Crippen LogP contribution in [-0.4, -0.2) is 38.7 Å². The van der Waals surface area contributed by atoms with Gasteiger partial charge in [0.25, 0.3) is 0 Å². The van der Waals surface area contributed by atoms with Gasteiger partial charge in [0.15, 0.2) is 9.84 Å². The van der Waals surface area contributed by atoms with Crippen molar-refractivity contribution >= 4 is 21.6 Å². The minimum Gasteiger partial charge on any atom is -0.449 e. The quantitative estimate of drug-likeness (QED) is 0.849. The molecular weight excluding hydrogens is 266 g/mol. The molecule has 2 rings (SSSR count). The van der Waals surface area contributed by atoms with Crippen molar-refractivity contribution < 1.29 is 17.9 Å². The van der Waals surface area contributed by atoms with E-state index in [1.165, 1.54) is 4.90 Å². The molecule has 1 unspecified atom stereocenters. The average Bonchev–Trinajstić information content (AvgIpc) is 2.71. The lowest BCUT2D eigenvalue weighted by Crippen LogP contribution is -2.41. The summed E-state index contributed by atoms with van der Waals surface area (Å²) >= 11 is 0. The summed E-state index contributed by atoms with van der Waals surface area (Å²) < 4.78 is 28.2. The highest BCUT2D eigenvalue weighted by Gasteiger charge is 2.36. The summed E-state index contributed by atoms with van der Waals surface area (Å²) in [5.74, 6) is 0.126. The second kappa shape index (κ2) is 5.61. The third-order valence-corrected chi connectivity index (χ3v) is 4.82. The number of anilines is 1. The molecule has 6 heteroatoms. The van der Waals surface area contributed by atoms with Gasteiger partial charge in [0.2, 0.25) is 0 Å². The van der Waals surface area contributed by atoms with Crippen LogP contribution in [0.25, 0.3) is 0 Å². The van der Waals surface area contributed by atoms with Crippen molar-refractivity contribution in [1.29, 1.82) is 0 Å². The number of amides is 1. The third kappa shape index (κ3) is 3.26. The summed E-state index contributed by atoms with van der Waals surface area (Å²) in [5.41, 5.74) is 0.669. The van der Waals surface area contributed by atoms with Gasteiger partial charge >= 0.3 is 6.09 Å². The zero-order valence-electron chi connectivity index (χ0n) is 10.8. The Bertz CT molecular complexity index is 541. The van der Waals surface area contributed by atoms with Crippen LogP contribution in [0.5, 0.6) is 0 Å². The molecule has 0 spiro atoms. The van der Waals surface area contributed by atoms with Gasteiger partial charge in [-0.15, -0.1) is 0 Å². The fraction of sp³-hybridized carbons (Fsp3) is 0.462. The SMILES string of the molecule is CCOC(=O)N(c1ccccc1)C1CCS(=O)(=O)C1. The second-order valence-corrected chi connectivity index (χ2v) is 6.69. The van der Waals surface area contributed by atoms with E-state index in [4.69, 9.17) is 4.74 Å². The van der Waals surface area contributed by atoms with E-state index in [1.807, 2.05) is 18.2 Å². The largest absolute Gasteiger partial charge is 0.449 e.